The zero-order chi connectivity index (χ0) is 20.6. The summed E-state index contributed by atoms with van der Waals surface area (Å²) in [5.41, 5.74) is 3.32. The number of anilines is 1. The lowest BCUT2D eigenvalue weighted by atomic mass is 10.1. The molecule has 0 bridgehead atoms. The van der Waals surface area contributed by atoms with Crippen molar-refractivity contribution in [1.29, 1.82) is 0 Å². The maximum atomic E-state index is 5.45. The number of hydrogen-bond acceptors (Lipinski definition) is 6. The molecule has 0 amide bonds. The number of halogens is 1. The van der Waals surface area contributed by atoms with Crippen molar-refractivity contribution in [2.75, 3.05) is 45.2 Å². The molecule has 1 fully saturated rings. The lowest BCUT2D eigenvalue weighted by Gasteiger charge is -2.34. The van der Waals surface area contributed by atoms with Crippen LogP contribution in [-0.4, -0.2) is 61.3 Å². The van der Waals surface area contributed by atoms with Gasteiger partial charge in [-0.2, -0.15) is 0 Å². The molecule has 1 aliphatic rings. The fraction of sp³-hybridized carbons (Fsp3) is 0.571. The monoisotopic (exact) mass is 527 g/mol. The van der Waals surface area contributed by atoms with E-state index in [1.54, 1.807) is 7.05 Å². The van der Waals surface area contributed by atoms with E-state index in [2.05, 4.69) is 62.5 Å². The first-order chi connectivity index (χ1) is 14.2. The molecule has 0 unspecified atom stereocenters. The summed E-state index contributed by atoms with van der Waals surface area (Å²) >= 11 is 0. The van der Waals surface area contributed by atoms with E-state index in [1.165, 1.54) is 5.56 Å². The van der Waals surface area contributed by atoms with Gasteiger partial charge < -0.3 is 25.0 Å². The van der Waals surface area contributed by atoms with Crippen molar-refractivity contribution >= 4 is 35.8 Å². The smallest absolute Gasteiger partial charge is 0.191 e. The van der Waals surface area contributed by atoms with Crippen LogP contribution in [0.1, 0.15) is 36.4 Å². The van der Waals surface area contributed by atoms with Crippen molar-refractivity contribution in [2.24, 2.45) is 4.99 Å². The van der Waals surface area contributed by atoms with Crippen molar-refractivity contribution < 1.29 is 4.52 Å². The summed E-state index contributed by atoms with van der Waals surface area (Å²) < 4.78 is 5.45. The Bertz CT molecular complexity index is 794. The van der Waals surface area contributed by atoms with Crippen LogP contribution in [0, 0.1) is 0 Å². The summed E-state index contributed by atoms with van der Waals surface area (Å²) in [5.74, 6) is 2.75. The molecule has 2 aromatic heterocycles. The molecule has 0 aromatic carbocycles. The molecule has 0 aliphatic carbocycles. The first-order valence-corrected chi connectivity index (χ1v) is 10.4. The summed E-state index contributed by atoms with van der Waals surface area (Å²) in [6.07, 6.45) is 3.56. The number of hydrogen-bond donors (Lipinski definition) is 2. The first kappa shape index (κ1) is 24.4. The Morgan fingerprint density at radius 1 is 1.13 bits per heavy atom. The molecule has 0 spiro atoms. The predicted molar refractivity (Wildman–Crippen MR) is 132 cm³/mol. The molecule has 1 aliphatic heterocycles. The third-order valence-electron chi connectivity index (χ3n) is 5.38. The van der Waals surface area contributed by atoms with Crippen molar-refractivity contribution in [3.63, 3.8) is 0 Å². The van der Waals surface area contributed by atoms with Gasteiger partial charge in [-0.15, -0.1) is 24.0 Å². The van der Waals surface area contributed by atoms with Crippen molar-refractivity contribution in [2.45, 2.75) is 39.8 Å². The lowest BCUT2D eigenvalue weighted by Crippen LogP contribution is -2.45. The van der Waals surface area contributed by atoms with Gasteiger partial charge >= 0.3 is 0 Å². The van der Waals surface area contributed by atoms with E-state index in [-0.39, 0.29) is 24.0 Å². The highest BCUT2D eigenvalue weighted by molar-refractivity contribution is 14.0. The summed E-state index contributed by atoms with van der Waals surface area (Å²) in [4.78, 5) is 13.7. The van der Waals surface area contributed by atoms with Crippen molar-refractivity contribution in [3.05, 3.63) is 40.9 Å². The summed E-state index contributed by atoms with van der Waals surface area (Å²) in [5, 5.41) is 11.0. The Balaban J connectivity index is 0.00000320. The normalized spacial score (nSPS) is 15.1. The molecule has 0 saturated carbocycles. The van der Waals surface area contributed by atoms with Crippen LogP contribution in [0.5, 0.6) is 0 Å². The molecule has 166 valence electrons. The van der Waals surface area contributed by atoms with Crippen LogP contribution in [-0.2, 0) is 25.9 Å². The minimum atomic E-state index is 0. The molecule has 0 radical (unpaired) electrons. The molecule has 2 N–H and O–H groups in total. The van der Waals surface area contributed by atoms with Crippen molar-refractivity contribution in [1.82, 2.24) is 25.7 Å². The Kier molecular flexibility index (Phi) is 9.83. The van der Waals surface area contributed by atoms with Crippen LogP contribution >= 0.6 is 24.0 Å². The molecule has 3 heterocycles. The van der Waals surface area contributed by atoms with E-state index < -0.39 is 0 Å². The maximum Gasteiger partial charge on any atom is 0.191 e. The quantitative estimate of drug-likeness (QED) is 0.325. The van der Waals surface area contributed by atoms with E-state index in [0.717, 1.165) is 67.8 Å². The van der Waals surface area contributed by atoms with E-state index in [1.807, 2.05) is 12.3 Å². The first-order valence-electron chi connectivity index (χ1n) is 10.4. The van der Waals surface area contributed by atoms with E-state index in [0.29, 0.717) is 13.1 Å². The SMILES string of the molecule is CCc1noc(CC)c1CNC(=NC)NCc1cccnc1N1CCN(C)CC1.I. The molecule has 8 nitrogen and oxygen atoms in total. The average Bonchev–Trinajstić information content (AvgIpc) is 3.16. The molecular weight excluding hydrogens is 493 g/mol. The summed E-state index contributed by atoms with van der Waals surface area (Å²) in [6, 6.07) is 4.12. The largest absolute Gasteiger partial charge is 0.361 e. The molecule has 1 saturated heterocycles. The van der Waals surface area contributed by atoms with Crippen molar-refractivity contribution in [3.8, 4) is 0 Å². The average molecular weight is 527 g/mol. The van der Waals surface area contributed by atoms with Gasteiger partial charge in [0, 0.05) is 70.1 Å². The summed E-state index contributed by atoms with van der Waals surface area (Å²) in [6.45, 7) is 9.61. The van der Waals surface area contributed by atoms with Crippen LogP contribution in [0.15, 0.2) is 27.8 Å². The van der Waals surface area contributed by atoms with E-state index in [9.17, 15) is 0 Å². The van der Waals surface area contributed by atoms with Gasteiger partial charge in [0.1, 0.15) is 11.6 Å². The summed E-state index contributed by atoms with van der Waals surface area (Å²) in [7, 11) is 3.95. The number of nitrogens with one attached hydrogen (secondary N) is 2. The third-order valence-corrected chi connectivity index (χ3v) is 5.38. The molecule has 30 heavy (non-hydrogen) atoms. The molecule has 9 heteroatoms. The Labute approximate surface area is 196 Å². The number of piperazine rings is 1. The van der Waals surface area contributed by atoms with Crippen LogP contribution in [0.2, 0.25) is 0 Å². The van der Waals surface area contributed by atoms with Gasteiger partial charge in [0.05, 0.1) is 5.69 Å². The fourth-order valence-corrected chi connectivity index (χ4v) is 3.58. The van der Waals surface area contributed by atoms with Gasteiger partial charge in [-0.3, -0.25) is 4.99 Å². The zero-order valence-electron chi connectivity index (χ0n) is 18.4. The minimum Gasteiger partial charge on any atom is -0.361 e. The fourth-order valence-electron chi connectivity index (χ4n) is 3.58. The van der Waals surface area contributed by atoms with Gasteiger partial charge in [-0.05, 0) is 19.5 Å². The highest BCUT2D eigenvalue weighted by atomic mass is 127. The van der Waals surface area contributed by atoms with Gasteiger partial charge in [0.2, 0.25) is 0 Å². The molecular formula is C21H34IN7O. The molecule has 2 aromatic rings. The highest BCUT2D eigenvalue weighted by Crippen LogP contribution is 2.19. The zero-order valence-corrected chi connectivity index (χ0v) is 20.8. The number of aromatic nitrogens is 2. The van der Waals surface area contributed by atoms with Gasteiger partial charge in [-0.25, -0.2) is 4.98 Å². The lowest BCUT2D eigenvalue weighted by molar-refractivity contribution is 0.312. The Morgan fingerprint density at radius 2 is 1.87 bits per heavy atom. The predicted octanol–water partition coefficient (Wildman–Crippen LogP) is 2.43. The standard InChI is InChI=1S/C21H33N7O.HI/c1-5-18-17(19(6-2)29-26-18)15-25-21(22-3)24-14-16-8-7-9-23-20(16)28-12-10-27(4)11-13-28;/h7-9H,5-6,10-15H2,1-4H3,(H2,22,24,25);1H. The topological polar surface area (TPSA) is 81.8 Å². The molecule has 3 rings (SSSR count). The number of rotatable bonds is 7. The van der Waals surface area contributed by atoms with Crippen LogP contribution in [0.3, 0.4) is 0 Å². The third kappa shape index (κ3) is 6.07. The molecule has 0 atom stereocenters. The second-order valence-corrected chi connectivity index (χ2v) is 7.29. The second kappa shape index (κ2) is 12.1. The minimum absolute atomic E-state index is 0. The maximum absolute atomic E-state index is 5.45. The number of aryl methyl sites for hydroxylation is 2. The van der Waals surface area contributed by atoms with E-state index >= 15 is 0 Å². The number of aliphatic imine (C=N–C) groups is 1. The Morgan fingerprint density at radius 3 is 2.53 bits per heavy atom. The van der Waals surface area contributed by atoms with Crippen LogP contribution in [0.25, 0.3) is 0 Å². The van der Waals surface area contributed by atoms with Gasteiger partial charge in [0.25, 0.3) is 0 Å². The Hall–Kier alpha value is -1.88. The number of likely N-dealkylation sites (N-methyl/N-ethyl adjacent to an activating group) is 1. The van der Waals surface area contributed by atoms with Gasteiger partial charge in [0.15, 0.2) is 5.96 Å². The number of pyridine rings is 1. The van der Waals surface area contributed by atoms with Gasteiger partial charge in [-0.1, -0.05) is 25.1 Å². The van der Waals surface area contributed by atoms with Crippen LogP contribution < -0.4 is 15.5 Å². The highest BCUT2D eigenvalue weighted by Gasteiger charge is 2.18. The number of nitrogens with zero attached hydrogens (tertiary/aromatic N) is 5. The second-order valence-electron chi connectivity index (χ2n) is 7.29. The van der Waals surface area contributed by atoms with Crippen LogP contribution in [0.4, 0.5) is 5.82 Å². The number of guanidine groups is 1. The van der Waals surface area contributed by atoms with E-state index in [4.69, 9.17) is 4.52 Å².